The van der Waals surface area contributed by atoms with E-state index in [-0.39, 0.29) is 5.78 Å². The van der Waals surface area contributed by atoms with Gasteiger partial charge in [-0.15, -0.1) is 5.10 Å². The first-order valence-corrected chi connectivity index (χ1v) is 9.25. The van der Waals surface area contributed by atoms with Crippen LogP contribution in [0.1, 0.15) is 5.69 Å². The van der Waals surface area contributed by atoms with E-state index >= 15 is 0 Å². The smallest absolute Gasteiger partial charge is 0.152 e. The number of nitrogens with zero attached hydrogens (tertiary/aromatic N) is 6. The summed E-state index contributed by atoms with van der Waals surface area (Å²) < 4.78 is 1.69. The Morgan fingerprint density at radius 3 is 2.63 bits per heavy atom. The fourth-order valence-electron chi connectivity index (χ4n) is 3.44. The number of carbonyl (C=O) groups excluding carboxylic acids is 1. The molecule has 140 valence electrons. The highest BCUT2D eigenvalue weighted by molar-refractivity contribution is 5.88. The van der Waals surface area contributed by atoms with Gasteiger partial charge in [-0.25, -0.2) is 0 Å². The van der Waals surface area contributed by atoms with Crippen molar-refractivity contribution in [2.75, 3.05) is 39.8 Å². The fourth-order valence-corrected chi connectivity index (χ4v) is 3.44. The lowest BCUT2D eigenvalue weighted by atomic mass is 10.0. The topological polar surface area (TPSA) is 67.2 Å². The zero-order chi connectivity index (χ0) is 18.8. The molecule has 1 saturated heterocycles. The number of aryl methyl sites for hydroxylation is 1. The molecule has 4 rings (SSSR count). The third-order valence-corrected chi connectivity index (χ3v) is 5.05. The third kappa shape index (κ3) is 4.20. The SMILES string of the molecule is CN1CCN(CC(=O)Cc2cc3cc(-c4cn(C)nn4)ccc3cn2)CC1. The lowest BCUT2D eigenvalue weighted by Gasteiger charge is -2.31. The molecule has 1 aliphatic rings. The molecule has 27 heavy (non-hydrogen) atoms. The Bertz CT molecular complexity index is 958. The normalized spacial score (nSPS) is 16.1. The zero-order valence-electron chi connectivity index (χ0n) is 15.8. The van der Waals surface area contributed by atoms with Gasteiger partial charge in [0.15, 0.2) is 5.78 Å². The number of likely N-dealkylation sites (N-methyl/N-ethyl adjacent to an activating group) is 1. The van der Waals surface area contributed by atoms with Crippen molar-refractivity contribution in [2.45, 2.75) is 6.42 Å². The number of benzene rings is 1. The second-order valence-corrected chi connectivity index (χ2v) is 7.31. The second-order valence-electron chi connectivity index (χ2n) is 7.31. The Labute approximate surface area is 158 Å². The number of ketones is 1. The molecule has 7 nitrogen and oxygen atoms in total. The number of piperazine rings is 1. The van der Waals surface area contributed by atoms with Crippen molar-refractivity contribution in [3.05, 3.63) is 42.4 Å². The monoisotopic (exact) mass is 364 g/mol. The summed E-state index contributed by atoms with van der Waals surface area (Å²) >= 11 is 0. The standard InChI is InChI=1S/C20H24N6O/c1-24-5-7-26(8-6-24)13-19(27)11-18-10-17-9-15(3-4-16(17)12-21-18)20-14-25(2)23-22-20/h3-4,9-10,12,14H,5-8,11,13H2,1-2H3. The van der Waals surface area contributed by atoms with Crippen LogP contribution in [0, 0.1) is 0 Å². The minimum atomic E-state index is 0.219. The van der Waals surface area contributed by atoms with Gasteiger partial charge in [0, 0.05) is 56.1 Å². The van der Waals surface area contributed by atoms with Crippen molar-refractivity contribution >= 4 is 16.6 Å². The van der Waals surface area contributed by atoms with E-state index in [1.807, 2.05) is 37.6 Å². The lowest BCUT2D eigenvalue weighted by molar-refractivity contribution is -0.120. The quantitative estimate of drug-likeness (QED) is 0.682. The number of carbonyl (C=O) groups is 1. The van der Waals surface area contributed by atoms with Gasteiger partial charge in [-0.3, -0.25) is 19.4 Å². The number of aromatic nitrogens is 4. The van der Waals surface area contributed by atoms with E-state index in [0.717, 1.165) is 53.9 Å². The third-order valence-electron chi connectivity index (χ3n) is 5.05. The molecule has 0 N–H and O–H groups in total. The summed E-state index contributed by atoms with van der Waals surface area (Å²) in [5.74, 6) is 0.219. The van der Waals surface area contributed by atoms with Crippen LogP contribution in [0.15, 0.2) is 36.7 Å². The molecule has 0 bridgehead atoms. The summed E-state index contributed by atoms with van der Waals surface area (Å²) in [6, 6.07) is 8.14. The highest BCUT2D eigenvalue weighted by Crippen LogP contribution is 2.23. The summed E-state index contributed by atoms with van der Waals surface area (Å²) in [5, 5.41) is 10.3. The first-order chi connectivity index (χ1) is 13.1. The van der Waals surface area contributed by atoms with E-state index in [1.165, 1.54) is 0 Å². The van der Waals surface area contributed by atoms with Crippen LogP contribution in [-0.4, -0.2) is 75.3 Å². The van der Waals surface area contributed by atoms with Crippen LogP contribution >= 0.6 is 0 Å². The minimum Gasteiger partial charge on any atom is -0.304 e. The molecule has 0 amide bonds. The Morgan fingerprint density at radius 2 is 1.89 bits per heavy atom. The predicted octanol–water partition coefficient (Wildman–Crippen LogP) is 1.39. The molecule has 7 heteroatoms. The van der Waals surface area contributed by atoms with Gasteiger partial charge in [0.05, 0.1) is 19.2 Å². The van der Waals surface area contributed by atoms with E-state index < -0.39 is 0 Å². The number of hydrogen-bond donors (Lipinski definition) is 0. The number of pyridine rings is 1. The lowest BCUT2D eigenvalue weighted by Crippen LogP contribution is -2.46. The minimum absolute atomic E-state index is 0.219. The van der Waals surface area contributed by atoms with Gasteiger partial charge in [0.1, 0.15) is 5.69 Å². The van der Waals surface area contributed by atoms with Crippen molar-refractivity contribution < 1.29 is 4.79 Å². The largest absolute Gasteiger partial charge is 0.304 e. The van der Waals surface area contributed by atoms with E-state index in [0.29, 0.717) is 13.0 Å². The van der Waals surface area contributed by atoms with Gasteiger partial charge in [0.2, 0.25) is 0 Å². The molecule has 0 aliphatic carbocycles. The maximum Gasteiger partial charge on any atom is 0.152 e. The molecule has 0 saturated carbocycles. The van der Waals surface area contributed by atoms with E-state index in [2.05, 4.69) is 38.2 Å². The van der Waals surface area contributed by atoms with Gasteiger partial charge in [-0.05, 0) is 24.6 Å². The molecule has 0 unspecified atom stereocenters. The van der Waals surface area contributed by atoms with Crippen molar-refractivity contribution in [2.24, 2.45) is 7.05 Å². The van der Waals surface area contributed by atoms with Crippen molar-refractivity contribution in [3.63, 3.8) is 0 Å². The molecule has 1 aromatic carbocycles. The number of rotatable bonds is 5. The summed E-state index contributed by atoms with van der Waals surface area (Å²) in [5.41, 5.74) is 2.67. The van der Waals surface area contributed by atoms with Crippen LogP contribution in [0.2, 0.25) is 0 Å². The van der Waals surface area contributed by atoms with E-state index in [9.17, 15) is 4.79 Å². The molecule has 0 spiro atoms. The van der Waals surface area contributed by atoms with Gasteiger partial charge in [-0.2, -0.15) is 0 Å². The van der Waals surface area contributed by atoms with Crippen LogP contribution in [0.5, 0.6) is 0 Å². The average Bonchev–Trinajstić information content (AvgIpc) is 3.09. The van der Waals surface area contributed by atoms with Crippen molar-refractivity contribution in [1.82, 2.24) is 29.8 Å². The predicted molar refractivity (Wildman–Crippen MR) is 104 cm³/mol. The highest BCUT2D eigenvalue weighted by atomic mass is 16.1. The van der Waals surface area contributed by atoms with Gasteiger partial charge >= 0.3 is 0 Å². The fraction of sp³-hybridized carbons (Fsp3) is 0.400. The van der Waals surface area contributed by atoms with Crippen LogP contribution in [-0.2, 0) is 18.3 Å². The first kappa shape index (κ1) is 17.8. The van der Waals surface area contributed by atoms with Crippen molar-refractivity contribution in [1.29, 1.82) is 0 Å². The maximum atomic E-state index is 12.5. The van der Waals surface area contributed by atoms with Gasteiger partial charge < -0.3 is 4.90 Å². The summed E-state index contributed by atoms with van der Waals surface area (Å²) in [6.07, 6.45) is 4.11. The molecule has 1 fully saturated rings. The first-order valence-electron chi connectivity index (χ1n) is 9.25. The Morgan fingerprint density at radius 1 is 1.07 bits per heavy atom. The molecular weight excluding hydrogens is 340 g/mol. The summed E-state index contributed by atoms with van der Waals surface area (Å²) in [6.45, 7) is 4.45. The number of Topliss-reactive ketones (excluding diaryl/α,β-unsaturated/α-hetero) is 1. The van der Waals surface area contributed by atoms with Crippen molar-refractivity contribution in [3.8, 4) is 11.3 Å². The molecule has 2 aromatic heterocycles. The molecular formula is C20H24N6O. The summed E-state index contributed by atoms with van der Waals surface area (Å²) in [4.78, 5) is 21.5. The maximum absolute atomic E-state index is 12.5. The van der Waals surface area contributed by atoms with Gasteiger partial charge in [-0.1, -0.05) is 17.3 Å². The van der Waals surface area contributed by atoms with E-state index in [1.54, 1.807) is 4.68 Å². The highest BCUT2D eigenvalue weighted by Gasteiger charge is 2.17. The molecule has 0 radical (unpaired) electrons. The Kier molecular flexibility index (Phi) is 4.96. The second kappa shape index (κ2) is 7.54. The Balaban J connectivity index is 1.48. The van der Waals surface area contributed by atoms with E-state index in [4.69, 9.17) is 0 Å². The number of fused-ring (bicyclic) bond motifs is 1. The molecule has 0 atom stereocenters. The average molecular weight is 364 g/mol. The van der Waals surface area contributed by atoms with Gasteiger partial charge in [0.25, 0.3) is 0 Å². The zero-order valence-corrected chi connectivity index (χ0v) is 15.8. The summed E-state index contributed by atoms with van der Waals surface area (Å²) in [7, 11) is 3.97. The van der Waals surface area contributed by atoms with Crippen LogP contribution in [0.25, 0.3) is 22.0 Å². The van der Waals surface area contributed by atoms with Crippen LogP contribution < -0.4 is 0 Å². The van der Waals surface area contributed by atoms with Crippen LogP contribution in [0.4, 0.5) is 0 Å². The Hall–Kier alpha value is -2.64. The molecule has 3 heterocycles. The molecule has 3 aromatic rings. The molecule has 1 aliphatic heterocycles. The van der Waals surface area contributed by atoms with Crippen LogP contribution in [0.3, 0.4) is 0 Å². The number of hydrogen-bond acceptors (Lipinski definition) is 6.